The topological polar surface area (TPSA) is 43.4 Å². The van der Waals surface area contributed by atoms with Gasteiger partial charge in [0.2, 0.25) is 0 Å². The van der Waals surface area contributed by atoms with E-state index in [1.54, 1.807) is 0 Å². The van der Waals surface area contributed by atoms with Gasteiger partial charge in [-0.25, -0.2) is 0 Å². The van der Waals surface area contributed by atoms with Crippen molar-refractivity contribution in [3.05, 3.63) is 0 Å². The van der Waals surface area contributed by atoms with Gasteiger partial charge in [-0.2, -0.15) is 0 Å². The smallest absolute Gasteiger partial charge is 0.771 e. The van der Waals surface area contributed by atoms with Crippen molar-refractivity contribution in [2.75, 3.05) is 19.0 Å². The number of rotatable bonds is 4. The zero-order valence-corrected chi connectivity index (χ0v) is 9.61. The van der Waals surface area contributed by atoms with E-state index >= 15 is 0 Å². The Bertz CT molecular complexity index is 97.6. The van der Waals surface area contributed by atoms with Crippen molar-refractivity contribution in [3.8, 4) is 0 Å². The zero-order valence-electron chi connectivity index (χ0n) is 6.79. The molecule has 0 heterocycles. The van der Waals surface area contributed by atoms with Crippen LogP contribution >= 0.6 is 0 Å². The van der Waals surface area contributed by atoms with Gasteiger partial charge in [0.15, 0.2) is 0 Å². The van der Waals surface area contributed by atoms with E-state index in [9.17, 15) is 8.76 Å². The Morgan fingerprint density at radius 1 is 1.40 bits per heavy atom. The summed E-state index contributed by atoms with van der Waals surface area (Å²) in [4.78, 5) is 1.84. The van der Waals surface area contributed by atoms with E-state index in [0.29, 0.717) is 0 Å². The summed E-state index contributed by atoms with van der Waals surface area (Å²) in [5, 5.41) is 0. The molecule has 0 saturated heterocycles. The van der Waals surface area contributed by atoms with Gasteiger partial charge in [-0.3, -0.25) is 9.11 Å². The summed E-state index contributed by atoms with van der Waals surface area (Å²) in [6, 6.07) is 0. The molecular formula is C5H12NNaO2S. The van der Waals surface area contributed by atoms with Crippen LogP contribution in [0.25, 0.3) is 0 Å². The first-order valence-corrected chi connectivity index (χ1v) is 4.23. The zero-order chi connectivity index (χ0) is 7.28. The van der Waals surface area contributed by atoms with Crippen molar-refractivity contribution in [2.24, 2.45) is 0 Å². The van der Waals surface area contributed by atoms with Crippen LogP contribution in [-0.4, -0.2) is 32.6 Å². The van der Waals surface area contributed by atoms with E-state index in [1.165, 1.54) is 0 Å². The first kappa shape index (κ1) is 13.6. The van der Waals surface area contributed by atoms with Gasteiger partial charge in [0.1, 0.15) is 0 Å². The van der Waals surface area contributed by atoms with Crippen LogP contribution in [0.4, 0.5) is 0 Å². The van der Waals surface area contributed by atoms with E-state index in [4.69, 9.17) is 0 Å². The summed E-state index contributed by atoms with van der Waals surface area (Å²) < 4.78 is 20.2. The van der Waals surface area contributed by atoms with Crippen molar-refractivity contribution < 1.29 is 38.3 Å². The molecule has 5 heteroatoms. The predicted octanol–water partition coefficient (Wildman–Crippen LogP) is -2.83. The molecular weight excluding hydrogens is 161 g/mol. The van der Waals surface area contributed by atoms with Crippen molar-refractivity contribution >= 4 is 11.1 Å². The summed E-state index contributed by atoms with van der Waals surface area (Å²) in [7, 11) is 0. The molecule has 0 radical (unpaired) electrons. The number of hydrogen-bond donors (Lipinski definition) is 0. The fourth-order valence-corrected chi connectivity index (χ4v) is 1.22. The standard InChI is InChI=1S/C5H13NO2S.Na/c1-3-6(4-2)5-9(7)8;/h3-5H2,1-2H3,(H,7,8);/q;+1/p-1. The van der Waals surface area contributed by atoms with Gasteiger partial charge < -0.3 is 4.55 Å². The molecule has 10 heavy (non-hydrogen) atoms. The minimum atomic E-state index is -1.92. The molecule has 0 aliphatic carbocycles. The van der Waals surface area contributed by atoms with Gasteiger partial charge in [0, 0.05) is 0 Å². The SMILES string of the molecule is CCN(CC)CS(=O)[O-].[Na+]. The normalized spacial score (nSPS) is 12.8. The molecule has 0 amide bonds. The molecule has 0 saturated carbocycles. The molecule has 0 aromatic rings. The largest absolute Gasteiger partial charge is 1.00 e. The van der Waals surface area contributed by atoms with Crippen LogP contribution in [-0.2, 0) is 11.1 Å². The van der Waals surface area contributed by atoms with E-state index in [-0.39, 0.29) is 35.4 Å². The summed E-state index contributed by atoms with van der Waals surface area (Å²) in [5.41, 5.74) is 0. The minimum Gasteiger partial charge on any atom is -0.771 e. The second-order valence-electron chi connectivity index (χ2n) is 1.74. The molecule has 3 nitrogen and oxygen atoms in total. The molecule has 56 valence electrons. The van der Waals surface area contributed by atoms with Crippen LogP contribution in [0.5, 0.6) is 0 Å². The van der Waals surface area contributed by atoms with Crippen LogP contribution in [0, 0.1) is 0 Å². The van der Waals surface area contributed by atoms with Gasteiger partial charge in [-0.1, -0.05) is 13.8 Å². The Hall–Kier alpha value is 1.07. The molecule has 0 aliphatic rings. The Balaban J connectivity index is 0. The van der Waals surface area contributed by atoms with Crippen molar-refractivity contribution in [2.45, 2.75) is 13.8 Å². The number of nitrogens with zero attached hydrogens (tertiary/aromatic N) is 1. The third kappa shape index (κ3) is 7.18. The van der Waals surface area contributed by atoms with Gasteiger partial charge in [0.05, 0.1) is 5.88 Å². The van der Waals surface area contributed by atoms with E-state index in [1.807, 2.05) is 18.7 Å². The molecule has 1 atom stereocenters. The fraction of sp³-hybridized carbons (Fsp3) is 1.00. The van der Waals surface area contributed by atoms with Gasteiger partial charge in [-0.05, 0) is 24.2 Å². The predicted molar refractivity (Wildman–Crippen MR) is 36.7 cm³/mol. The fourth-order valence-electron chi connectivity index (χ4n) is 0.555. The maximum atomic E-state index is 10.1. The maximum absolute atomic E-state index is 10.1. The molecule has 0 rings (SSSR count). The average molecular weight is 173 g/mol. The van der Waals surface area contributed by atoms with Crippen molar-refractivity contribution in [3.63, 3.8) is 0 Å². The van der Waals surface area contributed by atoms with E-state index in [2.05, 4.69) is 0 Å². The summed E-state index contributed by atoms with van der Waals surface area (Å²) in [5.74, 6) is 0.160. The van der Waals surface area contributed by atoms with E-state index < -0.39 is 11.1 Å². The van der Waals surface area contributed by atoms with Crippen LogP contribution in [0.2, 0.25) is 0 Å². The van der Waals surface area contributed by atoms with E-state index in [0.717, 1.165) is 13.1 Å². The monoisotopic (exact) mass is 173 g/mol. The summed E-state index contributed by atoms with van der Waals surface area (Å²) in [6.45, 7) is 5.47. The molecule has 0 aliphatic heterocycles. The molecule has 0 aromatic heterocycles. The molecule has 0 N–H and O–H groups in total. The molecule has 1 unspecified atom stereocenters. The summed E-state index contributed by atoms with van der Waals surface area (Å²) in [6.07, 6.45) is 0. The molecule has 0 bridgehead atoms. The molecule has 0 aromatic carbocycles. The second-order valence-corrected chi connectivity index (χ2v) is 2.60. The van der Waals surface area contributed by atoms with Crippen LogP contribution in [0.1, 0.15) is 13.8 Å². The first-order chi connectivity index (χ1) is 4.20. The Morgan fingerprint density at radius 2 is 1.80 bits per heavy atom. The van der Waals surface area contributed by atoms with Gasteiger partial charge >= 0.3 is 29.6 Å². The summed E-state index contributed by atoms with van der Waals surface area (Å²) >= 11 is -1.92. The van der Waals surface area contributed by atoms with Crippen LogP contribution in [0.3, 0.4) is 0 Å². The van der Waals surface area contributed by atoms with Crippen LogP contribution in [0.15, 0.2) is 0 Å². The molecule has 0 fully saturated rings. The Morgan fingerprint density at radius 3 is 1.90 bits per heavy atom. The quantitative estimate of drug-likeness (QED) is 0.340. The van der Waals surface area contributed by atoms with Crippen molar-refractivity contribution in [1.82, 2.24) is 4.90 Å². The van der Waals surface area contributed by atoms with Crippen molar-refractivity contribution in [1.29, 1.82) is 0 Å². The average Bonchev–Trinajstić information content (AvgIpc) is 1.82. The third-order valence-corrected chi connectivity index (χ3v) is 1.76. The second kappa shape index (κ2) is 8.17. The Kier molecular flexibility index (Phi) is 11.1. The first-order valence-electron chi connectivity index (χ1n) is 2.98. The number of hydrogen-bond acceptors (Lipinski definition) is 3. The molecule has 0 spiro atoms. The maximum Gasteiger partial charge on any atom is 1.00 e. The minimum absolute atomic E-state index is 0. The van der Waals surface area contributed by atoms with Gasteiger partial charge in [-0.15, -0.1) is 0 Å². The van der Waals surface area contributed by atoms with Gasteiger partial charge in [0.25, 0.3) is 0 Å². The Labute approximate surface area is 86.7 Å². The third-order valence-electron chi connectivity index (χ3n) is 1.18. The van der Waals surface area contributed by atoms with Crippen LogP contribution < -0.4 is 29.6 Å².